The van der Waals surface area contributed by atoms with E-state index in [-0.39, 0.29) is 5.91 Å². The lowest BCUT2D eigenvalue weighted by atomic mass is 10.1. The van der Waals surface area contributed by atoms with Crippen molar-refractivity contribution < 1.29 is 19.0 Å². The molecule has 30 heavy (non-hydrogen) atoms. The number of hydrogen-bond donors (Lipinski definition) is 1. The minimum atomic E-state index is -0.207. The zero-order valence-corrected chi connectivity index (χ0v) is 17.1. The van der Waals surface area contributed by atoms with Gasteiger partial charge in [0.05, 0.1) is 33.1 Å². The van der Waals surface area contributed by atoms with Gasteiger partial charge in [-0.2, -0.15) is 5.10 Å². The zero-order chi connectivity index (χ0) is 20.9. The van der Waals surface area contributed by atoms with Crippen LogP contribution in [0.5, 0.6) is 11.5 Å². The molecular formula is C21H25N5O4. The Morgan fingerprint density at radius 2 is 1.93 bits per heavy atom. The highest BCUT2D eigenvalue weighted by Gasteiger charge is 2.14. The van der Waals surface area contributed by atoms with Crippen LogP contribution in [0.15, 0.2) is 36.5 Å². The summed E-state index contributed by atoms with van der Waals surface area (Å²) in [7, 11) is 3.20. The standard InChI is InChI=1S/C21H25N5O4/c1-28-18-4-3-15(13-19(18)29-2)16-5-7-26-20(23-16)14-17(24-26)21(27)22-6-8-25-9-11-30-12-10-25/h3-5,7,13-14H,6,8-12H2,1-2H3,(H,22,27). The molecule has 1 saturated heterocycles. The number of nitrogens with zero attached hydrogens (tertiary/aromatic N) is 4. The largest absolute Gasteiger partial charge is 0.493 e. The van der Waals surface area contributed by atoms with Crippen LogP contribution in [0.25, 0.3) is 16.9 Å². The van der Waals surface area contributed by atoms with Crippen molar-refractivity contribution in [1.82, 2.24) is 24.8 Å². The van der Waals surface area contributed by atoms with Crippen LogP contribution < -0.4 is 14.8 Å². The minimum Gasteiger partial charge on any atom is -0.493 e. The number of hydrogen-bond acceptors (Lipinski definition) is 7. The Hall–Kier alpha value is -3.17. The van der Waals surface area contributed by atoms with Gasteiger partial charge in [0.1, 0.15) is 0 Å². The first-order chi connectivity index (χ1) is 14.7. The third-order valence-electron chi connectivity index (χ3n) is 5.05. The second-order valence-corrected chi connectivity index (χ2v) is 6.92. The van der Waals surface area contributed by atoms with E-state index < -0.39 is 0 Å². The molecule has 3 heterocycles. The maximum atomic E-state index is 12.5. The van der Waals surface area contributed by atoms with Gasteiger partial charge in [0.2, 0.25) is 0 Å². The number of nitrogens with one attached hydrogen (secondary N) is 1. The number of aromatic nitrogens is 3. The fraction of sp³-hybridized carbons (Fsp3) is 0.381. The predicted octanol–water partition coefficient (Wildman–Crippen LogP) is 1.48. The lowest BCUT2D eigenvalue weighted by Gasteiger charge is -2.26. The van der Waals surface area contributed by atoms with Crippen molar-refractivity contribution in [3.8, 4) is 22.8 Å². The number of benzene rings is 1. The Morgan fingerprint density at radius 1 is 1.13 bits per heavy atom. The Morgan fingerprint density at radius 3 is 2.70 bits per heavy atom. The maximum Gasteiger partial charge on any atom is 0.271 e. The van der Waals surface area contributed by atoms with Crippen molar-refractivity contribution in [2.75, 3.05) is 53.6 Å². The summed E-state index contributed by atoms with van der Waals surface area (Å²) in [5.74, 6) is 1.08. The van der Waals surface area contributed by atoms with Crippen LogP contribution in [0.1, 0.15) is 10.5 Å². The number of fused-ring (bicyclic) bond motifs is 1. The molecule has 0 bridgehead atoms. The molecule has 1 fully saturated rings. The van der Waals surface area contributed by atoms with E-state index in [1.54, 1.807) is 31.0 Å². The van der Waals surface area contributed by atoms with E-state index in [2.05, 4.69) is 20.3 Å². The number of methoxy groups -OCH3 is 2. The molecule has 1 aliphatic rings. The first-order valence-electron chi connectivity index (χ1n) is 9.85. The third kappa shape index (κ3) is 4.37. The highest BCUT2D eigenvalue weighted by molar-refractivity contribution is 5.93. The summed E-state index contributed by atoms with van der Waals surface area (Å²) in [6, 6.07) is 9.16. The Bertz CT molecular complexity index is 1030. The van der Waals surface area contributed by atoms with Gasteiger partial charge >= 0.3 is 0 Å². The quantitative estimate of drug-likeness (QED) is 0.630. The number of carbonyl (C=O) groups excluding carboxylic acids is 1. The number of morpholine rings is 1. The topological polar surface area (TPSA) is 90.2 Å². The average molecular weight is 411 g/mol. The first-order valence-corrected chi connectivity index (χ1v) is 9.85. The van der Waals surface area contributed by atoms with Gasteiger partial charge in [-0.05, 0) is 24.3 Å². The monoisotopic (exact) mass is 411 g/mol. The van der Waals surface area contributed by atoms with E-state index in [0.717, 1.165) is 44.1 Å². The van der Waals surface area contributed by atoms with Gasteiger partial charge in [0, 0.05) is 44.0 Å². The van der Waals surface area contributed by atoms with Crippen LogP contribution in [0.3, 0.4) is 0 Å². The van der Waals surface area contributed by atoms with E-state index in [1.807, 2.05) is 24.3 Å². The molecule has 0 saturated carbocycles. The summed E-state index contributed by atoms with van der Waals surface area (Å²) in [5, 5.41) is 7.26. The Kier molecular flexibility index (Phi) is 6.10. The molecule has 1 aromatic carbocycles. The molecule has 0 unspecified atom stereocenters. The van der Waals surface area contributed by atoms with Gasteiger partial charge < -0.3 is 19.5 Å². The molecule has 0 atom stereocenters. The molecule has 2 aromatic heterocycles. The molecule has 0 spiro atoms. The smallest absolute Gasteiger partial charge is 0.271 e. The van der Waals surface area contributed by atoms with Gasteiger partial charge in [-0.25, -0.2) is 9.50 Å². The van der Waals surface area contributed by atoms with Gasteiger partial charge in [-0.15, -0.1) is 0 Å². The van der Waals surface area contributed by atoms with Crippen LogP contribution in [0.2, 0.25) is 0 Å². The molecule has 1 aliphatic heterocycles. The number of rotatable bonds is 7. The Balaban J connectivity index is 1.46. The van der Waals surface area contributed by atoms with Crippen molar-refractivity contribution in [2.45, 2.75) is 0 Å². The molecule has 0 aliphatic carbocycles. The van der Waals surface area contributed by atoms with E-state index >= 15 is 0 Å². The van der Waals surface area contributed by atoms with Crippen LogP contribution in [-0.4, -0.2) is 79.0 Å². The van der Waals surface area contributed by atoms with E-state index in [9.17, 15) is 4.79 Å². The lowest BCUT2D eigenvalue weighted by molar-refractivity contribution is 0.0383. The van der Waals surface area contributed by atoms with Crippen molar-refractivity contribution in [2.24, 2.45) is 0 Å². The fourth-order valence-corrected chi connectivity index (χ4v) is 3.39. The van der Waals surface area contributed by atoms with Crippen molar-refractivity contribution >= 4 is 11.6 Å². The van der Waals surface area contributed by atoms with Gasteiger partial charge in [-0.1, -0.05) is 0 Å². The van der Waals surface area contributed by atoms with Crippen LogP contribution in [-0.2, 0) is 4.74 Å². The highest BCUT2D eigenvalue weighted by atomic mass is 16.5. The van der Waals surface area contributed by atoms with Crippen molar-refractivity contribution in [1.29, 1.82) is 0 Å². The predicted molar refractivity (Wildman–Crippen MR) is 111 cm³/mol. The second-order valence-electron chi connectivity index (χ2n) is 6.92. The summed E-state index contributed by atoms with van der Waals surface area (Å²) in [5.41, 5.74) is 2.57. The van der Waals surface area contributed by atoms with Crippen LogP contribution in [0, 0.1) is 0 Å². The minimum absolute atomic E-state index is 0.207. The molecule has 0 radical (unpaired) electrons. The fourth-order valence-electron chi connectivity index (χ4n) is 3.39. The Labute approximate surface area is 174 Å². The summed E-state index contributed by atoms with van der Waals surface area (Å²) in [4.78, 5) is 19.4. The summed E-state index contributed by atoms with van der Waals surface area (Å²) in [6.45, 7) is 4.64. The van der Waals surface area contributed by atoms with Crippen molar-refractivity contribution in [3.05, 3.63) is 42.2 Å². The molecule has 9 nitrogen and oxygen atoms in total. The number of carbonyl (C=O) groups is 1. The van der Waals surface area contributed by atoms with E-state index in [4.69, 9.17) is 14.2 Å². The van der Waals surface area contributed by atoms with E-state index in [1.165, 1.54) is 0 Å². The van der Waals surface area contributed by atoms with Gasteiger partial charge in [0.25, 0.3) is 5.91 Å². The van der Waals surface area contributed by atoms with Crippen LogP contribution >= 0.6 is 0 Å². The molecule has 4 rings (SSSR count). The second kappa shape index (κ2) is 9.10. The normalized spacial score (nSPS) is 14.6. The molecule has 158 valence electrons. The molecule has 1 N–H and O–H groups in total. The summed E-state index contributed by atoms with van der Waals surface area (Å²) in [6.07, 6.45) is 1.79. The van der Waals surface area contributed by atoms with Gasteiger partial charge in [0.15, 0.2) is 22.8 Å². The average Bonchev–Trinajstić information content (AvgIpc) is 3.23. The SMILES string of the molecule is COc1ccc(-c2ccn3nc(C(=O)NCCN4CCOCC4)cc3n2)cc1OC. The number of amides is 1. The maximum absolute atomic E-state index is 12.5. The summed E-state index contributed by atoms with van der Waals surface area (Å²) < 4.78 is 17.6. The van der Waals surface area contributed by atoms with Gasteiger partial charge in [-0.3, -0.25) is 9.69 Å². The third-order valence-corrected chi connectivity index (χ3v) is 5.05. The highest BCUT2D eigenvalue weighted by Crippen LogP contribution is 2.31. The summed E-state index contributed by atoms with van der Waals surface area (Å²) >= 11 is 0. The molecule has 1 amide bonds. The molecule has 3 aromatic rings. The zero-order valence-electron chi connectivity index (χ0n) is 17.1. The van der Waals surface area contributed by atoms with Crippen molar-refractivity contribution in [3.63, 3.8) is 0 Å². The first kappa shape index (κ1) is 20.1. The van der Waals surface area contributed by atoms with E-state index in [0.29, 0.717) is 29.4 Å². The lowest BCUT2D eigenvalue weighted by Crippen LogP contribution is -2.41. The van der Waals surface area contributed by atoms with Crippen LogP contribution in [0.4, 0.5) is 0 Å². The molecule has 9 heteroatoms. The molecular weight excluding hydrogens is 386 g/mol. The number of ether oxygens (including phenoxy) is 3.